The maximum absolute atomic E-state index is 12.9. The van der Waals surface area contributed by atoms with E-state index >= 15 is 0 Å². The minimum Gasteiger partial charge on any atom is -0.481 e. The third-order valence-electron chi connectivity index (χ3n) is 3.88. The zero-order valence-corrected chi connectivity index (χ0v) is 11.4. The van der Waals surface area contributed by atoms with Crippen LogP contribution in [-0.2, 0) is 11.2 Å². The molecule has 3 heteroatoms. The highest BCUT2D eigenvalue weighted by Crippen LogP contribution is 2.37. The number of halogens is 1. The molecule has 1 unspecified atom stereocenters. The third-order valence-corrected chi connectivity index (χ3v) is 3.88. The van der Waals surface area contributed by atoms with Gasteiger partial charge in [-0.2, -0.15) is 0 Å². The van der Waals surface area contributed by atoms with Crippen LogP contribution in [0.3, 0.4) is 0 Å². The van der Waals surface area contributed by atoms with Crippen molar-refractivity contribution in [3.63, 3.8) is 0 Å². The number of aliphatic carboxylic acids is 1. The quantitative estimate of drug-likeness (QED) is 0.847. The molecule has 0 heterocycles. The third kappa shape index (κ3) is 4.05. The van der Waals surface area contributed by atoms with Crippen LogP contribution in [0.5, 0.6) is 0 Å². The predicted octanol–water partition coefficient (Wildman–Crippen LogP) is 4.13. The second-order valence-corrected chi connectivity index (χ2v) is 5.37. The van der Waals surface area contributed by atoms with E-state index in [-0.39, 0.29) is 17.7 Å². The summed E-state index contributed by atoms with van der Waals surface area (Å²) < 4.78 is 12.9. The number of carbonyl (C=O) groups is 1. The molecule has 1 aliphatic carbocycles. The summed E-state index contributed by atoms with van der Waals surface area (Å²) in [5, 5.41) is 8.89. The van der Waals surface area contributed by atoms with E-state index in [0.29, 0.717) is 6.42 Å². The van der Waals surface area contributed by atoms with Gasteiger partial charge in [-0.15, -0.1) is 0 Å². The molecule has 1 aliphatic rings. The average molecular weight is 274 g/mol. The number of benzene rings is 1. The van der Waals surface area contributed by atoms with E-state index in [4.69, 9.17) is 5.11 Å². The first kappa shape index (κ1) is 14.5. The van der Waals surface area contributed by atoms with Gasteiger partial charge in [0.25, 0.3) is 0 Å². The molecule has 0 amide bonds. The lowest BCUT2D eigenvalue weighted by Crippen LogP contribution is -2.21. The molecule has 0 saturated heterocycles. The summed E-state index contributed by atoms with van der Waals surface area (Å²) in [6, 6.07) is 6.52. The Kier molecular flexibility index (Phi) is 4.72. The second kappa shape index (κ2) is 6.51. The van der Waals surface area contributed by atoms with Crippen LogP contribution >= 0.6 is 0 Å². The number of hydrogen-bond acceptors (Lipinski definition) is 1. The summed E-state index contributed by atoms with van der Waals surface area (Å²) in [5.74, 6) is -0.982. The fourth-order valence-corrected chi connectivity index (χ4v) is 2.61. The summed E-state index contributed by atoms with van der Waals surface area (Å²) in [4.78, 5) is 10.8. The van der Waals surface area contributed by atoms with E-state index < -0.39 is 5.97 Å². The standard InChI is InChI=1S/C17H19FO2/c18-15-6-4-14(5-7-15)8-12-17(13-9-16(19)20)10-2-1-3-11-17/h1-7,10H,8-9,11-13H2,(H,19,20). The van der Waals surface area contributed by atoms with Gasteiger partial charge >= 0.3 is 5.97 Å². The van der Waals surface area contributed by atoms with E-state index in [2.05, 4.69) is 12.2 Å². The summed E-state index contributed by atoms with van der Waals surface area (Å²) in [7, 11) is 0. The molecule has 106 valence electrons. The van der Waals surface area contributed by atoms with Gasteiger partial charge in [0.1, 0.15) is 5.82 Å². The zero-order chi connectivity index (χ0) is 14.4. The zero-order valence-electron chi connectivity index (χ0n) is 11.4. The smallest absolute Gasteiger partial charge is 0.303 e. The van der Waals surface area contributed by atoms with Gasteiger partial charge in [-0.1, -0.05) is 36.4 Å². The van der Waals surface area contributed by atoms with Gasteiger partial charge in [-0.05, 0) is 48.8 Å². The molecule has 1 aromatic carbocycles. The Labute approximate surface area is 118 Å². The molecule has 0 aromatic heterocycles. The number of hydrogen-bond donors (Lipinski definition) is 1. The molecular weight excluding hydrogens is 255 g/mol. The van der Waals surface area contributed by atoms with Crippen LogP contribution in [0.15, 0.2) is 48.6 Å². The van der Waals surface area contributed by atoms with E-state index in [0.717, 1.165) is 24.8 Å². The molecule has 1 N–H and O–H groups in total. The van der Waals surface area contributed by atoms with E-state index in [1.54, 1.807) is 12.1 Å². The van der Waals surface area contributed by atoms with Crippen LogP contribution in [-0.4, -0.2) is 11.1 Å². The fraction of sp³-hybridized carbons (Fsp3) is 0.353. The molecular formula is C17H19FO2. The number of allylic oxidation sites excluding steroid dienone is 4. The molecule has 2 rings (SSSR count). The van der Waals surface area contributed by atoms with Gasteiger partial charge in [-0.3, -0.25) is 4.79 Å². The number of rotatable bonds is 6. The topological polar surface area (TPSA) is 37.3 Å². The molecule has 1 aromatic rings. The van der Waals surface area contributed by atoms with Crippen molar-refractivity contribution in [2.75, 3.05) is 0 Å². The maximum atomic E-state index is 12.9. The van der Waals surface area contributed by atoms with Crippen molar-refractivity contribution in [3.8, 4) is 0 Å². The normalized spacial score (nSPS) is 21.1. The van der Waals surface area contributed by atoms with Gasteiger partial charge in [0.05, 0.1) is 0 Å². The van der Waals surface area contributed by atoms with Gasteiger partial charge in [0.2, 0.25) is 0 Å². The fourth-order valence-electron chi connectivity index (χ4n) is 2.61. The largest absolute Gasteiger partial charge is 0.481 e. The summed E-state index contributed by atoms with van der Waals surface area (Å²) >= 11 is 0. The Hall–Kier alpha value is -1.90. The molecule has 0 saturated carbocycles. The molecule has 0 fully saturated rings. The first-order chi connectivity index (χ1) is 9.60. The van der Waals surface area contributed by atoms with Gasteiger partial charge in [0.15, 0.2) is 0 Å². The molecule has 2 nitrogen and oxygen atoms in total. The van der Waals surface area contributed by atoms with Crippen molar-refractivity contribution in [2.45, 2.75) is 32.1 Å². The van der Waals surface area contributed by atoms with E-state index in [1.165, 1.54) is 12.1 Å². The minimum atomic E-state index is -0.755. The lowest BCUT2D eigenvalue weighted by Gasteiger charge is -2.31. The Balaban J connectivity index is 2.00. The van der Waals surface area contributed by atoms with Gasteiger partial charge < -0.3 is 5.11 Å². The average Bonchev–Trinajstić information content (AvgIpc) is 2.46. The molecule has 0 spiro atoms. The first-order valence-electron chi connectivity index (χ1n) is 6.90. The highest BCUT2D eigenvalue weighted by Gasteiger charge is 2.27. The molecule has 20 heavy (non-hydrogen) atoms. The summed E-state index contributed by atoms with van der Waals surface area (Å²) in [5.41, 5.74) is 1.01. The predicted molar refractivity (Wildman–Crippen MR) is 76.9 cm³/mol. The molecule has 0 radical (unpaired) electrons. The van der Waals surface area contributed by atoms with Crippen LogP contribution in [0.25, 0.3) is 0 Å². The van der Waals surface area contributed by atoms with Crippen molar-refractivity contribution in [1.29, 1.82) is 0 Å². The van der Waals surface area contributed by atoms with E-state index in [9.17, 15) is 9.18 Å². The first-order valence-corrected chi connectivity index (χ1v) is 6.90. The second-order valence-electron chi connectivity index (χ2n) is 5.37. The maximum Gasteiger partial charge on any atom is 0.303 e. The van der Waals surface area contributed by atoms with Crippen molar-refractivity contribution >= 4 is 5.97 Å². The monoisotopic (exact) mass is 274 g/mol. The highest BCUT2D eigenvalue weighted by molar-refractivity contribution is 5.66. The molecule has 0 bridgehead atoms. The Morgan fingerprint density at radius 2 is 1.95 bits per heavy atom. The van der Waals surface area contributed by atoms with Crippen molar-refractivity contribution in [2.24, 2.45) is 5.41 Å². The van der Waals surface area contributed by atoms with Gasteiger partial charge in [-0.25, -0.2) is 4.39 Å². The molecule has 0 aliphatic heterocycles. The highest BCUT2D eigenvalue weighted by atomic mass is 19.1. The lowest BCUT2D eigenvalue weighted by atomic mass is 9.73. The number of carboxylic acids is 1. The van der Waals surface area contributed by atoms with E-state index in [1.807, 2.05) is 12.2 Å². The lowest BCUT2D eigenvalue weighted by molar-refractivity contribution is -0.137. The minimum absolute atomic E-state index is 0.0818. The van der Waals surface area contributed by atoms with Gasteiger partial charge in [0, 0.05) is 6.42 Å². The van der Waals surface area contributed by atoms with Crippen LogP contribution in [0.4, 0.5) is 4.39 Å². The summed E-state index contributed by atoms with van der Waals surface area (Å²) in [6.45, 7) is 0. The van der Waals surface area contributed by atoms with Crippen LogP contribution in [0, 0.1) is 11.2 Å². The Bertz CT molecular complexity index is 516. The SMILES string of the molecule is O=C(O)CCC1(CCc2ccc(F)cc2)C=CC=CC1. The summed E-state index contributed by atoms with van der Waals surface area (Å²) in [6.07, 6.45) is 11.6. The van der Waals surface area contributed by atoms with Crippen molar-refractivity contribution in [3.05, 3.63) is 60.0 Å². The van der Waals surface area contributed by atoms with Crippen LogP contribution in [0.2, 0.25) is 0 Å². The Morgan fingerprint density at radius 3 is 2.55 bits per heavy atom. The number of carboxylic acid groups (broad SMARTS) is 1. The molecule has 1 atom stereocenters. The van der Waals surface area contributed by atoms with Crippen molar-refractivity contribution in [1.82, 2.24) is 0 Å². The number of aryl methyl sites for hydroxylation is 1. The van der Waals surface area contributed by atoms with Crippen LogP contribution in [0.1, 0.15) is 31.2 Å². The van der Waals surface area contributed by atoms with Crippen LogP contribution < -0.4 is 0 Å². The Morgan fingerprint density at radius 1 is 1.20 bits per heavy atom. The van der Waals surface area contributed by atoms with Crippen molar-refractivity contribution < 1.29 is 14.3 Å².